The molecule has 0 spiro atoms. The van der Waals surface area contributed by atoms with Gasteiger partial charge in [0, 0.05) is 35.2 Å². The van der Waals surface area contributed by atoms with E-state index in [2.05, 4.69) is 4.90 Å². The van der Waals surface area contributed by atoms with Crippen LogP contribution in [-0.2, 0) is 19.0 Å². The molecule has 1 aliphatic rings. The van der Waals surface area contributed by atoms with Gasteiger partial charge in [-0.3, -0.25) is 4.90 Å². The molecule has 0 bridgehead atoms. The molecule has 178 valence electrons. The molecule has 1 fully saturated rings. The van der Waals surface area contributed by atoms with E-state index < -0.39 is 17.4 Å². The third-order valence-corrected chi connectivity index (χ3v) is 6.72. The maximum Gasteiger partial charge on any atom is 0.417 e. The van der Waals surface area contributed by atoms with Gasteiger partial charge in [-0.25, -0.2) is 4.79 Å². The Kier molecular flexibility index (Phi) is 8.94. The SMILES string of the molecule is CCCCc1c(OCCCCN2CCSC2)c(CCC)cc2c(C(F)(F)F)cc(=O)oc12. The van der Waals surface area contributed by atoms with E-state index >= 15 is 0 Å². The van der Waals surface area contributed by atoms with E-state index in [-0.39, 0.29) is 11.0 Å². The molecule has 2 aromatic rings. The molecule has 3 rings (SSSR count). The molecule has 1 saturated heterocycles. The van der Waals surface area contributed by atoms with Crippen LogP contribution in [0.15, 0.2) is 21.3 Å². The molecule has 1 aromatic heterocycles. The Hall–Kier alpha value is -1.67. The predicted octanol–water partition coefficient (Wildman–Crippen LogP) is 6.27. The van der Waals surface area contributed by atoms with Crippen LogP contribution in [0, 0.1) is 0 Å². The van der Waals surface area contributed by atoms with Gasteiger partial charge in [0.2, 0.25) is 0 Å². The number of fused-ring (bicyclic) bond motifs is 1. The summed E-state index contributed by atoms with van der Waals surface area (Å²) in [5.41, 5.74) is -0.565. The molecule has 1 aliphatic heterocycles. The third kappa shape index (κ3) is 6.22. The van der Waals surface area contributed by atoms with E-state index in [1.807, 2.05) is 25.6 Å². The van der Waals surface area contributed by atoms with Crippen LogP contribution in [0.2, 0.25) is 0 Å². The number of ether oxygens (including phenoxy) is 1. The highest BCUT2D eigenvalue weighted by molar-refractivity contribution is 7.99. The highest BCUT2D eigenvalue weighted by Crippen LogP contribution is 2.40. The molecule has 0 unspecified atom stereocenters. The highest BCUT2D eigenvalue weighted by atomic mass is 32.2. The number of nitrogens with zero attached hydrogens (tertiary/aromatic N) is 1. The van der Waals surface area contributed by atoms with Crippen molar-refractivity contribution in [1.82, 2.24) is 4.90 Å². The molecular formula is C24H32F3NO3S. The Morgan fingerprint density at radius 3 is 2.59 bits per heavy atom. The van der Waals surface area contributed by atoms with Crippen LogP contribution >= 0.6 is 11.8 Å². The summed E-state index contributed by atoms with van der Waals surface area (Å²) < 4.78 is 52.6. The van der Waals surface area contributed by atoms with Crippen LogP contribution in [-0.4, -0.2) is 36.2 Å². The fraction of sp³-hybridized carbons (Fsp3) is 0.625. The monoisotopic (exact) mass is 471 g/mol. The fourth-order valence-electron chi connectivity index (χ4n) is 4.10. The quantitative estimate of drug-likeness (QED) is 0.285. The van der Waals surface area contributed by atoms with Crippen molar-refractivity contribution in [2.24, 2.45) is 0 Å². The van der Waals surface area contributed by atoms with E-state index in [0.717, 1.165) is 56.6 Å². The number of rotatable bonds is 11. The number of aryl methyl sites for hydroxylation is 2. The molecule has 0 amide bonds. The number of hydrogen-bond acceptors (Lipinski definition) is 5. The first kappa shape index (κ1) is 25.0. The number of halogens is 3. The maximum absolute atomic E-state index is 13.7. The summed E-state index contributed by atoms with van der Waals surface area (Å²) in [6.07, 6.45) is 0.777. The summed E-state index contributed by atoms with van der Waals surface area (Å²) in [6, 6.07) is 2.07. The van der Waals surface area contributed by atoms with Crippen molar-refractivity contribution >= 4 is 22.7 Å². The molecule has 2 heterocycles. The minimum absolute atomic E-state index is 0.0159. The molecule has 0 radical (unpaired) electrons. The molecule has 0 saturated carbocycles. The van der Waals surface area contributed by atoms with Gasteiger partial charge in [-0.1, -0.05) is 26.7 Å². The summed E-state index contributed by atoms with van der Waals surface area (Å²) in [4.78, 5) is 14.4. The summed E-state index contributed by atoms with van der Waals surface area (Å²) in [6.45, 7) is 6.66. The van der Waals surface area contributed by atoms with Crippen molar-refractivity contribution in [3.63, 3.8) is 0 Å². The second kappa shape index (κ2) is 11.5. The summed E-state index contributed by atoms with van der Waals surface area (Å²) in [5.74, 6) is 2.86. The third-order valence-electron chi connectivity index (χ3n) is 5.70. The smallest absolute Gasteiger partial charge is 0.417 e. The lowest BCUT2D eigenvalue weighted by Gasteiger charge is -2.20. The average molecular weight is 472 g/mol. The summed E-state index contributed by atoms with van der Waals surface area (Å²) >= 11 is 1.94. The molecule has 4 nitrogen and oxygen atoms in total. The summed E-state index contributed by atoms with van der Waals surface area (Å²) in [5, 5.41) is -0.0504. The van der Waals surface area contributed by atoms with Crippen LogP contribution in [0.5, 0.6) is 5.75 Å². The molecular weight excluding hydrogens is 439 g/mol. The topological polar surface area (TPSA) is 42.7 Å². The molecule has 0 aliphatic carbocycles. The fourth-order valence-corrected chi connectivity index (χ4v) is 5.13. The first-order chi connectivity index (χ1) is 15.3. The van der Waals surface area contributed by atoms with E-state index in [0.29, 0.717) is 36.8 Å². The van der Waals surface area contributed by atoms with E-state index in [1.165, 1.54) is 11.8 Å². The van der Waals surface area contributed by atoms with Crippen molar-refractivity contribution in [1.29, 1.82) is 0 Å². The van der Waals surface area contributed by atoms with Crippen LogP contribution in [0.3, 0.4) is 0 Å². The number of hydrogen-bond donors (Lipinski definition) is 0. The zero-order valence-electron chi connectivity index (χ0n) is 18.9. The van der Waals surface area contributed by atoms with Crippen molar-refractivity contribution < 1.29 is 22.3 Å². The Morgan fingerprint density at radius 2 is 1.94 bits per heavy atom. The number of alkyl halides is 3. The van der Waals surface area contributed by atoms with Gasteiger partial charge in [-0.2, -0.15) is 13.2 Å². The Labute approximate surface area is 191 Å². The van der Waals surface area contributed by atoms with Crippen LogP contribution in [0.4, 0.5) is 13.2 Å². The van der Waals surface area contributed by atoms with Crippen molar-refractivity contribution in [2.75, 3.05) is 31.3 Å². The molecule has 32 heavy (non-hydrogen) atoms. The molecule has 8 heteroatoms. The predicted molar refractivity (Wildman–Crippen MR) is 124 cm³/mol. The normalized spacial score (nSPS) is 15.0. The van der Waals surface area contributed by atoms with Crippen molar-refractivity contribution in [3.8, 4) is 5.75 Å². The second-order valence-electron chi connectivity index (χ2n) is 8.26. The zero-order chi connectivity index (χ0) is 23.1. The second-order valence-corrected chi connectivity index (χ2v) is 9.34. The van der Waals surface area contributed by atoms with E-state index in [1.54, 1.807) is 0 Å². The number of thioether (sulfide) groups is 1. The Morgan fingerprint density at radius 1 is 1.12 bits per heavy atom. The number of unbranched alkanes of at least 4 members (excludes halogenated alkanes) is 2. The van der Waals surface area contributed by atoms with Crippen molar-refractivity contribution in [3.05, 3.63) is 39.2 Å². The van der Waals surface area contributed by atoms with Gasteiger partial charge in [0.1, 0.15) is 11.3 Å². The van der Waals surface area contributed by atoms with Gasteiger partial charge in [0.25, 0.3) is 0 Å². The Bertz CT molecular complexity index is 952. The summed E-state index contributed by atoms with van der Waals surface area (Å²) in [7, 11) is 0. The van der Waals surface area contributed by atoms with Gasteiger partial charge >= 0.3 is 11.8 Å². The first-order valence-corrected chi connectivity index (χ1v) is 12.6. The van der Waals surface area contributed by atoms with Gasteiger partial charge in [-0.15, -0.1) is 11.8 Å². The van der Waals surface area contributed by atoms with Gasteiger partial charge < -0.3 is 9.15 Å². The lowest BCUT2D eigenvalue weighted by molar-refractivity contribution is -0.136. The minimum atomic E-state index is -4.63. The van der Waals surface area contributed by atoms with Gasteiger partial charge in [0.05, 0.1) is 12.2 Å². The lowest BCUT2D eigenvalue weighted by Crippen LogP contribution is -2.21. The maximum atomic E-state index is 13.7. The largest absolute Gasteiger partial charge is 0.493 e. The van der Waals surface area contributed by atoms with Gasteiger partial charge in [0.15, 0.2) is 0 Å². The van der Waals surface area contributed by atoms with Crippen LogP contribution in [0.1, 0.15) is 62.6 Å². The zero-order valence-corrected chi connectivity index (χ0v) is 19.7. The standard InChI is InChI=1S/C24H32F3NO3S/c1-3-5-9-18-22(30-12-7-6-10-28-11-13-32-16-28)17(8-4-2)14-19-20(24(25,26)27)15-21(29)31-23(18)19/h14-15H,3-13,16H2,1-2H3. The lowest BCUT2D eigenvalue weighted by atomic mass is 9.95. The first-order valence-electron chi connectivity index (χ1n) is 11.5. The number of benzene rings is 1. The van der Waals surface area contributed by atoms with E-state index in [9.17, 15) is 18.0 Å². The highest BCUT2D eigenvalue weighted by Gasteiger charge is 2.35. The van der Waals surface area contributed by atoms with Crippen LogP contribution < -0.4 is 10.4 Å². The Balaban J connectivity index is 1.94. The average Bonchev–Trinajstić information content (AvgIpc) is 3.25. The minimum Gasteiger partial charge on any atom is -0.493 e. The van der Waals surface area contributed by atoms with E-state index in [4.69, 9.17) is 9.15 Å². The van der Waals surface area contributed by atoms with Crippen LogP contribution in [0.25, 0.3) is 11.0 Å². The molecule has 0 atom stereocenters. The van der Waals surface area contributed by atoms with Crippen molar-refractivity contribution in [2.45, 2.75) is 65.0 Å². The molecule has 0 N–H and O–H groups in total. The molecule has 1 aromatic carbocycles. The van der Waals surface area contributed by atoms with Gasteiger partial charge in [-0.05, 0) is 50.3 Å².